The van der Waals surface area contributed by atoms with Crippen LogP contribution in [0.15, 0.2) is 170 Å². The maximum Gasteiger partial charge on any atom is 0.149 e. The third-order valence-corrected chi connectivity index (χ3v) is 12.5. The van der Waals surface area contributed by atoms with Crippen LogP contribution in [0.5, 0.6) is 5.75 Å². The summed E-state index contributed by atoms with van der Waals surface area (Å²) >= 11 is 0. The van der Waals surface area contributed by atoms with Crippen molar-refractivity contribution in [3.05, 3.63) is 192 Å². The molecule has 0 saturated heterocycles. The number of aromatic nitrogens is 3. The standard InChI is InChI=1S/C64H65N3O/c1-61(2,3)48-26-28-56(53(39-48)42-22-17-14-18-23-42)67-57-25-19-24-52(59(57)66-60(67)54-40-49(62(4,5)6)27-29-58(54)68)46-32-44(41-20-15-13-16-21-41)33-47(34-46)55-37-43(30-31-65-55)45-35-50(63(7,8)9)38-51(36-45)64(10,11)12/h13-40,68H,1-12H3/i7D3,8D3,9D3,10D3,11D3,12D3. The Hall–Kier alpha value is -7.04. The van der Waals surface area contributed by atoms with Crippen molar-refractivity contribution in [2.45, 2.75) is 104 Å². The SMILES string of the molecule is [2H]C([2H])([2H])C(c1cc(-c2ccnc(-c3cc(-c4ccccc4)cc(-c4cccc5c4nc(-c4cc(C(C)(C)C)ccc4O)n5-c4ccc(C(C)(C)C)cc4-c4ccccc4)c3)c2)cc(C(C([2H])([2H])[2H])(C([2H])([2H])[2H])C([2H])([2H])[2H])c1)(C([2H])([2H])[2H])C([2H])([2H])[2H]. The van der Waals surface area contributed by atoms with Gasteiger partial charge in [-0.2, -0.15) is 0 Å². The van der Waals surface area contributed by atoms with E-state index in [0.717, 1.165) is 45.6 Å². The number of imidazole rings is 1. The van der Waals surface area contributed by atoms with Crippen molar-refractivity contribution in [1.82, 2.24) is 14.5 Å². The molecule has 0 aliphatic carbocycles. The predicted molar refractivity (Wildman–Crippen MR) is 288 cm³/mol. The van der Waals surface area contributed by atoms with E-state index in [-0.39, 0.29) is 33.4 Å². The van der Waals surface area contributed by atoms with E-state index in [1.54, 1.807) is 6.07 Å². The van der Waals surface area contributed by atoms with Gasteiger partial charge in [0.1, 0.15) is 11.6 Å². The first kappa shape index (κ1) is 29.0. The van der Waals surface area contributed by atoms with E-state index in [9.17, 15) is 5.11 Å². The Kier molecular flexibility index (Phi) is 7.35. The minimum atomic E-state index is -3.92. The molecule has 0 amide bonds. The second kappa shape index (κ2) is 17.2. The number of phenolic OH excluding ortho intramolecular Hbond substituents is 1. The fourth-order valence-electron chi connectivity index (χ4n) is 8.71. The van der Waals surface area contributed by atoms with Gasteiger partial charge >= 0.3 is 0 Å². The first-order valence-corrected chi connectivity index (χ1v) is 22.5. The van der Waals surface area contributed by atoms with Gasteiger partial charge in [-0.1, -0.05) is 186 Å². The first-order valence-electron chi connectivity index (χ1n) is 31.5. The zero-order valence-electron chi connectivity index (χ0n) is 57.0. The molecule has 0 aliphatic heterocycles. The lowest BCUT2D eigenvalue weighted by Gasteiger charge is -2.26. The zero-order chi connectivity index (χ0) is 63.3. The summed E-state index contributed by atoms with van der Waals surface area (Å²) in [5.74, 6) is 0.480. The number of rotatable bonds is 7. The summed E-state index contributed by atoms with van der Waals surface area (Å²) in [6.07, 6.45) is 1.35. The van der Waals surface area contributed by atoms with Crippen LogP contribution in [0.4, 0.5) is 0 Å². The van der Waals surface area contributed by atoms with Crippen LogP contribution < -0.4 is 0 Å². The molecule has 0 fully saturated rings. The number of pyridine rings is 1. The zero-order valence-corrected chi connectivity index (χ0v) is 39.0. The molecule has 4 nitrogen and oxygen atoms in total. The summed E-state index contributed by atoms with van der Waals surface area (Å²) in [5, 5.41) is 11.9. The van der Waals surface area contributed by atoms with E-state index in [4.69, 9.17) is 34.6 Å². The molecule has 0 spiro atoms. The fraction of sp³-hybridized carbons (Fsp3) is 0.250. The number of benzene rings is 7. The van der Waals surface area contributed by atoms with E-state index in [0.29, 0.717) is 50.7 Å². The van der Waals surface area contributed by atoms with E-state index in [2.05, 4.69) is 76.4 Å². The Balaban J connectivity index is 1.35. The Morgan fingerprint density at radius 3 is 1.63 bits per heavy atom. The van der Waals surface area contributed by atoms with Crippen LogP contribution in [0.1, 0.15) is 130 Å². The second-order valence-electron chi connectivity index (χ2n) is 19.7. The molecule has 0 atom stereocenters. The predicted octanol–water partition coefficient (Wildman–Crippen LogP) is 17.3. The number of para-hydroxylation sites is 1. The van der Waals surface area contributed by atoms with Crippen molar-refractivity contribution < 1.29 is 29.8 Å². The average Bonchev–Trinajstić information content (AvgIpc) is 0.821. The van der Waals surface area contributed by atoms with Crippen LogP contribution in [-0.4, -0.2) is 19.6 Å². The van der Waals surface area contributed by atoms with E-state index >= 15 is 0 Å². The molecule has 2 aromatic heterocycles. The highest BCUT2D eigenvalue weighted by Crippen LogP contribution is 2.44. The van der Waals surface area contributed by atoms with Crippen LogP contribution in [-0.2, 0) is 21.7 Å². The van der Waals surface area contributed by atoms with Crippen molar-refractivity contribution >= 4 is 11.0 Å². The van der Waals surface area contributed by atoms with E-state index < -0.39 is 63.1 Å². The highest BCUT2D eigenvalue weighted by Gasteiger charge is 2.26. The van der Waals surface area contributed by atoms with Gasteiger partial charge in [0.05, 0.1) is 28.0 Å². The van der Waals surface area contributed by atoms with Crippen molar-refractivity contribution in [1.29, 1.82) is 0 Å². The van der Waals surface area contributed by atoms with Gasteiger partial charge in [-0.15, -0.1) is 0 Å². The van der Waals surface area contributed by atoms with Crippen molar-refractivity contribution in [3.8, 4) is 78.6 Å². The molecule has 0 radical (unpaired) electrons. The van der Waals surface area contributed by atoms with Gasteiger partial charge in [0, 0.05) is 47.6 Å². The Labute approximate surface area is 429 Å². The summed E-state index contributed by atoms with van der Waals surface area (Å²) in [5.41, 5.74) is -0.512. The third kappa shape index (κ3) is 9.17. The topological polar surface area (TPSA) is 50.9 Å². The molecular formula is C64H65N3O. The number of nitrogens with zero attached hydrogens (tertiary/aromatic N) is 3. The highest BCUT2D eigenvalue weighted by atomic mass is 16.3. The van der Waals surface area contributed by atoms with Gasteiger partial charge in [-0.25, -0.2) is 4.98 Å². The normalized spacial score (nSPS) is 17.5. The summed E-state index contributed by atoms with van der Waals surface area (Å²) in [4.78, 5) is 10.2. The average molecular weight is 910 g/mol. The Morgan fingerprint density at radius 2 is 1.00 bits per heavy atom. The minimum Gasteiger partial charge on any atom is -0.507 e. The van der Waals surface area contributed by atoms with Crippen molar-refractivity contribution in [2.24, 2.45) is 0 Å². The molecular weight excluding hydrogens is 827 g/mol. The number of hydrogen-bond acceptors (Lipinski definition) is 3. The maximum atomic E-state index is 11.9. The number of fused-ring (bicyclic) bond motifs is 1. The quantitative estimate of drug-likeness (QED) is 0.173. The summed E-state index contributed by atoms with van der Waals surface area (Å²) < 4.78 is 157. The number of phenols is 1. The summed E-state index contributed by atoms with van der Waals surface area (Å²) in [6, 6.07) is 48.2. The van der Waals surface area contributed by atoms with Crippen LogP contribution in [0, 0.1) is 0 Å². The molecule has 0 aliphatic rings. The van der Waals surface area contributed by atoms with E-state index in [1.165, 1.54) is 18.3 Å². The molecule has 0 saturated carbocycles. The van der Waals surface area contributed by atoms with Gasteiger partial charge < -0.3 is 5.11 Å². The van der Waals surface area contributed by atoms with Crippen LogP contribution >= 0.6 is 0 Å². The Bertz CT molecular complexity index is 3870. The molecule has 4 heteroatoms. The Morgan fingerprint density at radius 1 is 0.426 bits per heavy atom. The molecule has 1 N–H and O–H groups in total. The number of aromatic hydroxyl groups is 1. The van der Waals surface area contributed by atoms with E-state index in [1.807, 2.05) is 97.1 Å². The molecule has 7 aromatic carbocycles. The largest absolute Gasteiger partial charge is 0.507 e. The van der Waals surface area contributed by atoms with Crippen molar-refractivity contribution in [3.63, 3.8) is 0 Å². The summed E-state index contributed by atoms with van der Waals surface area (Å²) in [6.45, 7) is -10.8. The lowest BCUT2D eigenvalue weighted by Crippen LogP contribution is -2.16. The van der Waals surface area contributed by atoms with Gasteiger partial charge in [0.2, 0.25) is 0 Å². The minimum absolute atomic E-state index is 0.0162. The van der Waals surface area contributed by atoms with Gasteiger partial charge in [0.15, 0.2) is 0 Å². The second-order valence-corrected chi connectivity index (χ2v) is 19.7. The molecule has 2 heterocycles. The van der Waals surface area contributed by atoms with Crippen LogP contribution in [0.25, 0.3) is 83.9 Å². The summed E-state index contributed by atoms with van der Waals surface area (Å²) in [7, 11) is 0. The fourth-order valence-corrected chi connectivity index (χ4v) is 8.71. The lowest BCUT2D eigenvalue weighted by atomic mass is 9.79. The molecule has 68 heavy (non-hydrogen) atoms. The van der Waals surface area contributed by atoms with Gasteiger partial charge in [0.25, 0.3) is 0 Å². The molecule has 0 bridgehead atoms. The molecule has 9 aromatic rings. The van der Waals surface area contributed by atoms with Gasteiger partial charge in [-0.3, -0.25) is 9.55 Å². The monoisotopic (exact) mass is 910 g/mol. The van der Waals surface area contributed by atoms with Crippen LogP contribution in [0.3, 0.4) is 0 Å². The lowest BCUT2D eigenvalue weighted by molar-refractivity contribution is 0.475. The smallest absolute Gasteiger partial charge is 0.149 e. The third-order valence-electron chi connectivity index (χ3n) is 12.5. The van der Waals surface area contributed by atoms with Crippen LogP contribution in [0.2, 0.25) is 0 Å². The van der Waals surface area contributed by atoms with Gasteiger partial charge in [-0.05, 0) is 138 Å². The first-order chi connectivity index (χ1) is 39.6. The maximum absolute atomic E-state index is 11.9. The van der Waals surface area contributed by atoms with Crippen molar-refractivity contribution in [2.75, 3.05) is 0 Å². The molecule has 0 unspecified atom stereocenters. The highest BCUT2D eigenvalue weighted by molar-refractivity contribution is 5.98. The molecule has 9 rings (SSSR count). The number of hydrogen-bond donors (Lipinski definition) is 1. The molecule has 342 valence electrons.